The molecular formula is C13H18Cl2N2O3S. The molecule has 1 N–H and O–H groups in total. The Morgan fingerprint density at radius 1 is 1.29 bits per heavy atom. The molecule has 1 amide bonds. The lowest BCUT2D eigenvalue weighted by Gasteiger charge is -2.26. The standard InChI is InChI=1S/C13H18Cl2N2O3S/c1-13(2,3)16-12(18)8-17(21(4,19)20)11-6-5-9(14)7-10(11)15/h5-7H,8H2,1-4H3,(H,16,18). The van der Waals surface area contributed by atoms with Gasteiger partial charge >= 0.3 is 0 Å². The van der Waals surface area contributed by atoms with Crippen molar-refractivity contribution in [2.75, 3.05) is 17.1 Å². The van der Waals surface area contributed by atoms with Gasteiger partial charge in [0.1, 0.15) is 6.54 Å². The van der Waals surface area contributed by atoms with Gasteiger partial charge in [-0.05, 0) is 39.0 Å². The van der Waals surface area contributed by atoms with E-state index >= 15 is 0 Å². The van der Waals surface area contributed by atoms with Crippen molar-refractivity contribution in [3.8, 4) is 0 Å². The van der Waals surface area contributed by atoms with Crippen LogP contribution in [-0.2, 0) is 14.8 Å². The van der Waals surface area contributed by atoms with Crippen LogP contribution in [0.4, 0.5) is 5.69 Å². The fourth-order valence-corrected chi connectivity index (χ4v) is 3.08. The highest BCUT2D eigenvalue weighted by molar-refractivity contribution is 7.92. The van der Waals surface area contributed by atoms with E-state index in [1.165, 1.54) is 18.2 Å². The van der Waals surface area contributed by atoms with Crippen molar-refractivity contribution in [3.63, 3.8) is 0 Å². The fourth-order valence-electron chi connectivity index (χ4n) is 1.65. The van der Waals surface area contributed by atoms with Crippen LogP contribution in [0.2, 0.25) is 10.0 Å². The molecule has 0 unspecified atom stereocenters. The number of hydrogen-bond acceptors (Lipinski definition) is 3. The lowest BCUT2D eigenvalue weighted by atomic mass is 10.1. The molecule has 0 saturated heterocycles. The SMILES string of the molecule is CC(C)(C)NC(=O)CN(c1ccc(Cl)cc1Cl)S(C)(=O)=O. The number of halogens is 2. The van der Waals surface area contributed by atoms with Gasteiger partial charge < -0.3 is 5.32 Å². The third-order valence-electron chi connectivity index (χ3n) is 2.38. The number of nitrogens with one attached hydrogen (secondary N) is 1. The second kappa shape index (κ2) is 6.42. The van der Waals surface area contributed by atoms with E-state index in [-0.39, 0.29) is 17.3 Å². The summed E-state index contributed by atoms with van der Waals surface area (Å²) < 4.78 is 24.8. The molecule has 0 atom stereocenters. The summed E-state index contributed by atoms with van der Waals surface area (Å²) in [5, 5.41) is 3.26. The number of sulfonamides is 1. The molecule has 0 heterocycles. The first-order chi connectivity index (χ1) is 9.40. The van der Waals surface area contributed by atoms with E-state index in [9.17, 15) is 13.2 Å². The van der Waals surface area contributed by atoms with Gasteiger partial charge in [-0.3, -0.25) is 9.10 Å². The summed E-state index contributed by atoms with van der Waals surface area (Å²) in [6.07, 6.45) is 1.02. The average Bonchev–Trinajstić information content (AvgIpc) is 2.22. The molecule has 0 aliphatic carbocycles. The van der Waals surface area contributed by atoms with Gasteiger partial charge in [-0.15, -0.1) is 0 Å². The second-order valence-corrected chi connectivity index (χ2v) is 8.41. The van der Waals surface area contributed by atoms with Crippen LogP contribution in [0.5, 0.6) is 0 Å². The Morgan fingerprint density at radius 2 is 1.86 bits per heavy atom. The second-order valence-electron chi connectivity index (χ2n) is 5.66. The van der Waals surface area contributed by atoms with Crippen molar-refractivity contribution in [2.24, 2.45) is 0 Å². The quantitative estimate of drug-likeness (QED) is 0.905. The molecule has 1 aromatic carbocycles. The molecular weight excluding hydrogens is 335 g/mol. The number of rotatable bonds is 4. The molecule has 21 heavy (non-hydrogen) atoms. The summed E-state index contributed by atoms with van der Waals surface area (Å²) in [7, 11) is -3.66. The van der Waals surface area contributed by atoms with Crippen LogP contribution in [0.15, 0.2) is 18.2 Å². The smallest absolute Gasteiger partial charge is 0.241 e. The van der Waals surface area contributed by atoms with E-state index in [1.807, 2.05) is 20.8 Å². The van der Waals surface area contributed by atoms with Crippen LogP contribution in [-0.4, -0.2) is 32.7 Å². The summed E-state index contributed by atoms with van der Waals surface area (Å²) in [6, 6.07) is 4.41. The Morgan fingerprint density at radius 3 is 2.29 bits per heavy atom. The number of amides is 1. The van der Waals surface area contributed by atoms with Gasteiger partial charge in [0.25, 0.3) is 0 Å². The molecule has 118 valence electrons. The highest BCUT2D eigenvalue weighted by atomic mass is 35.5. The minimum atomic E-state index is -3.66. The largest absolute Gasteiger partial charge is 0.350 e. The third-order valence-corrected chi connectivity index (χ3v) is 4.04. The van der Waals surface area contributed by atoms with Crippen LogP contribution >= 0.6 is 23.2 Å². The molecule has 0 aliphatic heterocycles. The summed E-state index contributed by atoms with van der Waals surface area (Å²) in [5.74, 6) is -0.418. The van der Waals surface area contributed by atoms with Crippen LogP contribution < -0.4 is 9.62 Å². The molecule has 0 saturated carbocycles. The molecule has 0 spiro atoms. The molecule has 0 radical (unpaired) electrons. The molecule has 0 aliphatic rings. The molecule has 5 nitrogen and oxygen atoms in total. The monoisotopic (exact) mass is 352 g/mol. The van der Waals surface area contributed by atoms with Crippen molar-refractivity contribution in [1.29, 1.82) is 0 Å². The first kappa shape index (κ1) is 18.1. The lowest BCUT2D eigenvalue weighted by molar-refractivity contribution is -0.121. The van der Waals surface area contributed by atoms with Crippen LogP contribution in [0.25, 0.3) is 0 Å². The van der Waals surface area contributed by atoms with E-state index in [0.717, 1.165) is 10.6 Å². The van der Waals surface area contributed by atoms with Crippen LogP contribution in [0.1, 0.15) is 20.8 Å². The maximum Gasteiger partial charge on any atom is 0.241 e. The predicted molar refractivity (Wildman–Crippen MR) is 86.5 cm³/mol. The number of carbonyl (C=O) groups is 1. The zero-order chi connectivity index (χ0) is 16.4. The van der Waals surface area contributed by atoms with Gasteiger partial charge in [0.05, 0.1) is 17.0 Å². The zero-order valence-electron chi connectivity index (χ0n) is 12.3. The summed E-state index contributed by atoms with van der Waals surface area (Å²) in [6.45, 7) is 5.08. The maximum absolute atomic E-state index is 12.0. The van der Waals surface area contributed by atoms with Gasteiger partial charge in [-0.2, -0.15) is 0 Å². The Labute approximate surface area is 135 Å². The van der Waals surface area contributed by atoms with Gasteiger partial charge in [-0.1, -0.05) is 23.2 Å². The van der Waals surface area contributed by atoms with E-state index < -0.39 is 21.5 Å². The fraction of sp³-hybridized carbons (Fsp3) is 0.462. The molecule has 1 aromatic rings. The highest BCUT2D eigenvalue weighted by Gasteiger charge is 2.24. The van der Waals surface area contributed by atoms with E-state index in [0.29, 0.717) is 5.02 Å². The number of hydrogen-bond donors (Lipinski definition) is 1. The van der Waals surface area contributed by atoms with Gasteiger partial charge in [-0.25, -0.2) is 8.42 Å². The number of carbonyl (C=O) groups excluding carboxylic acids is 1. The Kier molecular flexibility index (Phi) is 5.52. The molecule has 0 bridgehead atoms. The normalized spacial score (nSPS) is 12.1. The first-order valence-corrected chi connectivity index (χ1v) is 8.74. The van der Waals surface area contributed by atoms with Gasteiger partial charge in [0, 0.05) is 10.6 Å². The van der Waals surface area contributed by atoms with Crippen LogP contribution in [0.3, 0.4) is 0 Å². The van der Waals surface area contributed by atoms with Crippen molar-refractivity contribution in [1.82, 2.24) is 5.32 Å². The highest BCUT2D eigenvalue weighted by Crippen LogP contribution is 2.30. The molecule has 1 rings (SSSR count). The first-order valence-electron chi connectivity index (χ1n) is 6.14. The topological polar surface area (TPSA) is 66.5 Å². The van der Waals surface area contributed by atoms with E-state index in [4.69, 9.17) is 23.2 Å². The third kappa shape index (κ3) is 5.73. The van der Waals surface area contributed by atoms with Crippen LogP contribution in [0, 0.1) is 0 Å². The molecule has 8 heteroatoms. The predicted octanol–water partition coefficient (Wildman–Crippen LogP) is 2.67. The summed E-state index contributed by atoms with van der Waals surface area (Å²) in [5.41, 5.74) is -0.239. The Balaban J connectivity index is 3.11. The summed E-state index contributed by atoms with van der Waals surface area (Å²) >= 11 is 11.8. The maximum atomic E-state index is 12.0. The van der Waals surface area contributed by atoms with Crippen molar-refractivity contribution in [2.45, 2.75) is 26.3 Å². The zero-order valence-corrected chi connectivity index (χ0v) is 14.6. The minimum absolute atomic E-state index is 0.163. The van der Waals surface area contributed by atoms with E-state index in [2.05, 4.69) is 5.32 Å². The van der Waals surface area contributed by atoms with Crippen molar-refractivity contribution in [3.05, 3.63) is 28.2 Å². The number of benzene rings is 1. The Bertz CT molecular complexity index is 639. The average molecular weight is 353 g/mol. The summed E-state index contributed by atoms with van der Waals surface area (Å²) in [4.78, 5) is 12.0. The van der Waals surface area contributed by atoms with Crippen molar-refractivity contribution < 1.29 is 13.2 Å². The lowest BCUT2D eigenvalue weighted by Crippen LogP contribution is -2.47. The molecule has 0 fully saturated rings. The molecule has 0 aromatic heterocycles. The number of anilines is 1. The number of nitrogens with zero attached hydrogens (tertiary/aromatic N) is 1. The van der Waals surface area contributed by atoms with E-state index in [1.54, 1.807) is 0 Å². The van der Waals surface area contributed by atoms with Crippen molar-refractivity contribution >= 4 is 44.8 Å². The minimum Gasteiger partial charge on any atom is -0.350 e. The van der Waals surface area contributed by atoms with Gasteiger partial charge in [0.2, 0.25) is 15.9 Å². The Hall–Kier alpha value is -0.980. The van der Waals surface area contributed by atoms with Gasteiger partial charge in [0.15, 0.2) is 0 Å².